The Balaban J connectivity index is 1.99. The quantitative estimate of drug-likeness (QED) is 0.835. The molecule has 5 nitrogen and oxygen atoms in total. The molecule has 1 heterocycles. The molecule has 134 valence electrons. The van der Waals surface area contributed by atoms with E-state index in [0.29, 0.717) is 31.9 Å². The van der Waals surface area contributed by atoms with Crippen LogP contribution in [0.25, 0.3) is 0 Å². The van der Waals surface area contributed by atoms with Crippen molar-refractivity contribution in [3.05, 3.63) is 23.8 Å². The second kappa shape index (κ2) is 6.51. The number of nitrogens with zero attached hydrogens (tertiary/aromatic N) is 2. The first kappa shape index (κ1) is 18.4. The third-order valence-electron chi connectivity index (χ3n) is 3.76. The first-order valence-electron chi connectivity index (χ1n) is 7.67. The molecule has 2 rings (SSSR count). The van der Waals surface area contributed by atoms with Crippen molar-refractivity contribution in [3.8, 4) is 0 Å². The van der Waals surface area contributed by atoms with Gasteiger partial charge in [0.1, 0.15) is 0 Å². The van der Waals surface area contributed by atoms with E-state index in [4.69, 9.17) is 10.6 Å². The summed E-state index contributed by atoms with van der Waals surface area (Å²) in [4.78, 5) is 19.1. The van der Waals surface area contributed by atoms with Gasteiger partial charge in [-0.25, -0.2) is 4.79 Å². The molecule has 1 aliphatic rings. The molecular weight excluding hydrogens is 323 g/mol. The maximum Gasteiger partial charge on any atom is 0.416 e. The van der Waals surface area contributed by atoms with E-state index in [2.05, 4.69) is 0 Å². The number of benzene rings is 1. The predicted molar refractivity (Wildman–Crippen MR) is 85.2 cm³/mol. The lowest BCUT2D eigenvalue weighted by Crippen LogP contribution is -2.48. The largest absolute Gasteiger partial charge is 0.416 e. The third-order valence-corrected chi connectivity index (χ3v) is 3.76. The number of halogens is 3. The van der Waals surface area contributed by atoms with Crippen molar-refractivity contribution in [3.63, 3.8) is 0 Å². The fourth-order valence-corrected chi connectivity index (χ4v) is 2.29. The Morgan fingerprint density at radius 1 is 1.12 bits per heavy atom. The second-order valence-corrected chi connectivity index (χ2v) is 6.82. The number of carbonyl (C=O) groups is 1. The summed E-state index contributed by atoms with van der Waals surface area (Å²) in [7, 11) is 0. The molecule has 24 heavy (non-hydrogen) atoms. The Kier molecular flexibility index (Phi) is 4.98. The molecule has 1 aromatic rings. The van der Waals surface area contributed by atoms with Crippen molar-refractivity contribution >= 4 is 17.3 Å². The van der Waals surface area contributed by atoms with Gasteiger partial charge < -0.3 is 15.5 Å². The van der Waals surface area contributed by atoms with E-state index >= 15 is 0 Å². The number of hydrogen-bond donors (Lipinski definition) is 1. The number of nitrogen functional groups attached to an aromatic ring is 1. The summed E-state index contributed by atoms with van der Waals surface area (Å²) in [6.45, 7) is 7.25. The highest BCUT2D eigenvalue weighted by atomic mass is 19.4. The molecule has 0 amide bonds. The number of carbonyl (C=O) groups excluding carboxylic acids is 1. The van der Waals surface area contributed by atoms with Gasteiger partial charge in [0.05, 0.1) is 35.4 Å². The Morgan fingerprint density at radius 3 is 2.17 bits per heavy atom. The molecule has 8 heteroatoms. The first-order valence-corrected chi connectivity index (χ1v) is 7.67. The number of rotatable bonds is 2. The van der Waals surface area contributed by atoms with Crippen LogP contribution in [0.4, 0.5) is 24.5 Å². The number of hydroxylamine groups is 2. The minimum atomic E-state index is -4.41. The van der Waals surface area contributed by atoms with Gasteiger partial charge >= 0.3 is 12.1 Å². The highest BCUT2D eigenvalue weighted by Crippen LogP contribution is 2.34. The lowest BCUT2D eigenvalue weighted by Gasteiger charge is -2.36. The Bertz CT molecular complexity index is 604. The van der Waals surface area contributed by atoms with Crippen LogP contribution in [0.15, 0.2) is 18.2 Å². The zero-order valence-corrected chi connectivity index (χ0v) is 14.0. The van der Waals surface area contributed by atoms with Gasteiger partial charge in [0.2, 0.25) is 0 Å². The Labute approximate surface area is 139 Å². The average molecular weight is 345 g/mol. The van der Waals surface area contributed by atoms with Crippen LogP contribution in [0, 0.1) is 5.41 Å². The van der Waals surface area contributed by atoms with Gasteiger partial charge in [0.25, 0.3) is 0 Å². The summed E-state index contributed by atoms with van der Waals surface area (Å²) >= 11 is 0. The molecule has 1 aromatic carbocycles. The summed E-state index contributed by atoms with van der Waals surface area (Å²) in [6, 6.07) is 3.36. The molecule has 1 aliphatic heterocycles. The summed E-state index contributed by atoms with van der Waals surface area (Å²) in [5, 5.41) is 1.57. The summed E-state index contributed by atoms with van der Waals surface area (Å²) in [5.41, 5.74) is 5.08. The fourth-order valence-electron chi connectivity index (χ4n) is 2.29. The number of alkyl halides is 3. The molecule has 1 saturated heterocycles. The second-order valence-electron chi connectivity index (χ2n) is 6.82. The lowest BCUT2D eigenvalue weighted by atomic mass is 9.98. The van der Waals surface area contributed by atoms with E-state index in [1.54, 1.807) is 25.8 Å². The monoisotopic (exact) mass is 345 g/mol. The minimum absolute atomic E-state index is 0.0879. The number of anilines is 2. The molecule has 0 aliphatic carbocycles. The minimum Gasteiger partial charge on any atom is -0.397 e. The smallest absolute Gasteiger partial charge is 0.397 e. The van der Waals surface area contributed by atoms with Crippen molar-refractivity contribution in [2.45, 2.75) is 26.9 Å². The van der Waals surface area contributed by atoms with E-state index < -0.39 is 17.2 Å². The van der Waals surface area contributed by atoms with Gasteiger partial charge in [0, 0.05) is 13.1 Å². The highest BCUT2D eigenvalue weighted by Gasteiger charge is 2.32. The normalized spacial score (nSPS) is 17.0. The van der Waals surface area contributed by atoms with Gasteiger partial charge in [0.15, 0.2) is 0 Å². The van der Waals surface area contributed by atoms with Crippen molar-refractivity contribution in [2.24, 2.45) is 5.41 Å². The van der Waals surface area contributed by atoms with E-state index in [1.165, 1.54) is 6.07 Å². The average Bonchev–Trinajstić information content (AvgIpc) is 2.46. The lowest BCUT2D eigenvalue weighted by molar-refractivity contribution is -0.201. The highest BCUT2D eigenvalue weighted by molar-refractivity contribution is 5.75. The maximum absolute atomic E-state index is 12.7. The van der Waals surface area contributed by atoms with Crippen molar-refractivity contribution in [1.29, 1.82) is 0 Å². The standard InChI is InChI=1S/C16H22F3N3O2/c1-15(2,3)14(23)24-22-8-6-21(7-9-22)13-5-4-11(10-12(13)20)16(17,18)19/h4-5,10H,6-9,20H2,1-3H3. The Morgan fingerprint density at radius 2 is 1.71 bits per heavy atom. The maximum atomic E-state index is 12.7. The van der Waals surface area contributed by atoms with Crippen LogP contribution in [0.3, 0.4) is 0 Å². The van der Waals surface area contributed by atoms with E-state index in [1.807, 2.05) is 4.90 Å². The van der Waals surface area contributed by atoms with Crippen molar-refractivity contribution in [2.75, 3.05) is 36.8 Å². The molecule has 0 radical (unpaired) electrons. The predicted octanol–water partition coefficient (Wildman–Crippen LogP) is 2.91. The van der Waals surface area contributed by atoms with E-state index in [0.717, 1.165) is 12.1 Å². The number of nitrogens with two attached hydrogens (primary N) is 1. The molecule has 0 saturated carbocycles. The number of piperazine rings is 1. The van der Waals surface area contributed by atoms with Crippen molar-refractivity contribution in [1.82, 2.24) is 5.06 Å². The summed E-state index contributed by atoms with van der Waals surface area (Å²) in [5.74, 6) is -0.315. The van der Waals surface area contributed by atoms with Crippen LogP contribution in [0.1, 0.15) is 26.3 Å². The SMILES string of the molecule is CC(C)(C)C(=O)ON1CCN(c2ccc(C(F)(F)F)cc2N)CC1. The summed E-state index contributed by atoms with van der Waals surface area (Å²) < 4.78 is 38.1. The molecular formula is C16H22F3N3O2. The molecule has 0 unspecified atom stereocenters. The molecule has 0 spiro atoms. The van der Waals surface area contributed by atoms with Gasteiger partial charge in [-0.3, -0.25) is 0 Å². The van der Waals surface area contributed by atoms with Crippen molar-refractivity contribution < 1.29 is 22.8 Å². The first-order chi connectivity index (χ1) is 11.0. The molecule has 0 aromatic heterocycles. The van der Waals surface area contributed by atoms with Crippen LogP contribution < -0.4 is 10.6 Å². The zero-order chi connectivity index (χ0) is 18.1. The van der Waals surface area contributed by atoms with Crippen LogP contribution in [-0.2, 0) is 15.8 Å². The number of hydrogen-bond acceptors (Lipinski definition) is 5. The van der Waals surface area contributed by atoms with Crippen LogP contribution in [0.2, 0.25) is 0 Å². The van der Waals surface area contributed by atoms with Crippen LogP contribution in [0.5, 0.6) is 0 Å². The fraction of sp³-hybridized carbons (Fsp3) is 0.562. The van der Waals surface area contributed by atoms with E-state index in [9.17, 15) is 18.0 Å². The third kappa shape index (κ3) is 4.31. The molecule has 2 N–H and O–H groups in total. The zero-order valence-electron chi connectivity index (χ0n) is 14.0. The van der Waals surface area contributed by atoms with Gasteiger partial charge in [-0.05, 0) is 39.0 Å². The summed E-state index contributed by atoms with van der Waals surface area (Å²) in [6.07, 6.45) is -4.41. The molecule has 0 atom stereocenters. The van der Waals surface area contributed by atoms with Gasteiger partial charge in [-0.1, -0.05) is 0 Å². The Hall–Kier alpha value is -1.96. The van der Waals surface area contributed by atoms with Crippen LogP contribution in [-0.4, -0.2) is 37.2 Å². The molecule has 1 fully saturated rings. The van der Waals surface area contributed by atoms with E-state index in [-0.39, 0.29) is 11.7 Å². The van der Waals surface area contributed by atoms with Gasteiger partial charge in [-0.15, -0.1) is 5.06 Å². The van der Waals surface area contributed by atoms with Gasteiger partial charge in [-0.2, -0.15) is 13.2 Å². The topological polar surface area (TPSA) is 58.8 Å². The molecule has 0 bridgehead atoms. The van der Waals surface area contributed by atoms with Crippen LogP contribution >= 0.6 is 0 Å².